The summed E-state index contributed by atoms with van der Waals surface area (Å²) in [6.45, 7) is 2.95. The average Bonchev–Trinajstić information content (AvgIpc) is 3.36. The molecular formula is C21H25N3O4. The summed E-state index contributed by atoms with van der Waals surface area (Å²) in [5.41, 5.74) is 0.140. The number of fused-ring (bicyclic) bond motifs is 1. The van der Waals surface area contributed by atoms with Crippen molar-refractivity contribution in [1.82, 2.24) is 14.9 Å². The van der Waals surface area contributed by atoms with Crippen LogP contribution in [0, 0.1) is 11.8 Å². The van der Waals surface area contributed by atoms with Crippen LogP contribution < -0.4 is 0 Å². The molecule has 0 spiro atoms. The lowest BCUT2D eigenvalue weighted by Crippen LogP contribution is -2.43. The molecule has 1 saturated heterocycles. The van der Waals surface area contributed by atoms with Gasteiger partial charge in [-0.05, 0) is 37.7 Å². The highest BCUT2D eigenvalue weighted by molar-refractivity contribution is 6.02. The predicted molar refractivity (Wildman–Crippen MR) is 102 cm³/mol. The maximum absolute atomic E-state index is 13.1. The molecule has 7 nitrogen and oxygen atoms in total. The van der Waals surface area contributed by atoms with E-state index in [0.717, 1.165) is 18.4 Å². The van der Waals surface area contributed by atoms with Gasteiger partial charge < -0.3 is 19.7 Å². The van der Waals surface area contributed by atoms with Crippen LogP contribution in [0.1, 0.15) is 52.7 Å². The second kappa shape index (κ2) is 7.39. The number of aromatic nitrogens is 2. The number of rotatable bonds is 4. The average molecular weight is 383 g/mol. The number of likely N-dealkylation sites (tertiary alicyclic amines) is 1. The molecule has 1 aliphatic carbocycles. The highest BCUT2D eigenvalue weighted by atomic mass is 16.5. The van der Waals surface area contributed by atoms with Crippen molar-refractivity contribution in [3.8, 4) is 0 Å². The largest absolute Gasteiger partial charge is 0.461 e. The van der Waals surface area contributed by atoms with E-state index in [2.05, 4.69) is 9.97 Å². The van der Waals surface area contributed by atoms with Crippen molar-refractivity contribution in [2.45, 2.75) is 31.8 Å². The van der Waals surface area contributed by atoms with E-state index in [4.69, 9.17) is 4.74 Å². The van der Waals surface area contributed by atoms with Crippen molar-refractivity contribution in [2.75, 3.05) is 19.7 Å². The van der Waals surface area contributed by atoms with Crippen molar-refractivity contribution in [2.24, 2.45) is 11.8 Å². The quantitative estimate of drug-likeness (QED) is 0.790. The van der Waals surface area contributed by atoms with E-state index in [1.807, 2.05) is 30.3 Å². The molecule has 1 amide bonds. The second-order valence-electron chi connectivity index (χ2n) is 7.61. The second-order valence-corrected chi connectivity index (χ2v) is 7.61. The molecule has 1 aromatic heterocycles. The summed E-state index contributed by atoms with van der Waals surface area (Å²) in [5.74, 6) is -0.680. The number of amides is 1. The lowest BCUT2D eigenvalue weighted by Gasteiger charge is -2.41. The Labute approximate surface area is 163 Å². The minimum absolute atomic E-state index is 0.0300. The molecule has 0 bridgehead atoms. The third kappa shape index (κ3) is 3.09. The summed E-state index contributed by atoms with van der Waals surface area (Å²) < 4.78 is 5.00. The maximum Gasteiger partial charge on any atom is 0.357 e. The van der Waals surface area contributed by atoms with E-state index < -0.39 is 11.6 Å². The molecule has 4 rings (SSSR count). The van der Waals surface area contributed by atoms with Gasteiger partial charge in [0.1, 0.15) is 0 Å². The first-order valence-electron chi connectivity index (χ1n) is 9.82. The van der Waals surface area contributed by atoms with Gasteiger partial charge in [-0.1, -0.05) is 30.3 Å². The number of imidazole rings is 1. The van der Waals surface area contributed by atoms with Crippen molar-refractivity contribution < 1.29 is 19.4 Å². The van der Waals surface area contributed by atoms with Crippen molar-refractivity contribution in [3.63, 3.8) is 0 Å². The fraction of sp³-hybridized carbons (Fsp3) is 0.476. The van der Waals surface area contributed by atoms with Crippen LogP contribution in [0.25, 0.3) is 0 Å². The molecule has 2 N–H and O–H groups in total. The van der Waals surface area contributed by atoms with Gasteiger partial charge in [0, 0.05) is 19.0 Å². The minimum atomic E-state index is -0.936. The summed E-state index contributed by atoms with van der Waals surface area (Å²) in [6, 6.07) is 9.72. The first kappa shape index (κ1) is 18.7. The highest BCUT2D eigenvalue weighted by Gasteiger charge is 2.51. The van der Waals surface area contributed by atoms with Gasteiger partial charge in [0.25, 0.3) is 5.91 Å². The highest BCUT2D eigenvalue weighted by Crippen LogP contribution is 2.48. The van der Waals surface area contributed by atoms with Gasteiger partial charge in [0.15, 0.2) is 11.4 Å². The van der Waals surface area contributed by atoms with Gasteiger partial charge >= 0.3 is 5.97 Å². The molecule has 2 fully saturated rings. The first-order chi connectivity index (χ1) is 13.5. The van der Waals surface area contributed by atoms with E-state index in [0.29, 0.717) is 19.5 Å². The number of hydrogen-bond acceptors (Lipinski definition) is 5. The zero-order valence-corrected chi connectivity index (χ0v) is 15.9. The van der Waals surface area contributed by atoms with E-state index in [9.17, 15) is 14.7 Å². The van der Waals surface area contributed by atoms with Crippen LogP contribution in [-0.2, 0) is 10.3 Å². The lowest BCUT2D eigenvalue weighted by atomic mass is 9.67. The molecule has 2 aliphatic rings. The number of carbonyl (C=O) groups excluding carboxylic acids is 2. The van der Waals surface area contributed by atoms with Crippen LogP contribution in [0.2, 0.25) is 0 Å². The van der Waals surface area contributed by atoms with Crippen LogP contribution in [0.4, 0.5) is 0 Å². The predicted octanol–water partition coefficient (Wildman–Crippen LogP) is 2.35. The first-order valence-corrected chi connectivity index (χ1v) is 9.82. The number of hydrogen-bond donors (Lipinski definition) is 2. The molecule has 148 valence electrons. The normalized spacial score (nSPS) is 26.7. The fourth-order valence-corrected chi connectivity index (χ4v) is 4.74. The topological polar surface area (TPSA) is 95.5 Å². The molecule has 28 heavy (non-hydrogen) atoms. The Balaban J connectivity index is 1.57. The molecule has 3 atom stereocenters. The third-order valence-corrected chi connectivity index (χ3v) is 6.07. The molecule has 0 radical (unpaired) electrons. The molecule has 2 aromatic rings. The van der Waals surface area contributed by atoms with E-state index in [-0.39, 0.29) is 35.7 Å². The number of ether oxygens (including phenoxy) is 1. The standard InChI is InChI=1S/C21H25N3O4/c1-2-28-20(26)18-17(22-13-23-18)19(25)24-11-14-7-6-10-21(27,16(14)12-24)15-8-4-3-5-9-15/h3-5,8-9,13-14,16,27H,2,6-7,10-12H2,1H3,(H,22,23)/t14-,16+,21+/m1/s1. The summed E-state index contributed by atoms with van der Waals surface area (Å²) in [6.07, 6.45) is 3.93. The Bertz CT molecular complexity index is 866. The Morgan fingerprint density at radius 3 is 2.86 bits per heavy atom. The summed E-state index contributed by atoms with van der Waals surface area (Å²) >= 11 is 0. The minimum Gasteiger partial charge on any atom is -0.461 e. The molecule has 1 aliphatic heterocycles. The number of aromatic amines is 1. The van der Waals surface area contributed by atoms with Gasteiger partial charge in [-0.15, -0.1) is 0 Å². The number of carbonyl (C=O) groups is 2. The maximum atomic E-state index is 13.1. The number of esters is 1. The molecule has 7 heteroatoms. The SMILES string of the molecule is CCOC(=O)c1[nH]cnc1C(=O)N1C[C@H]2CCC[C@](O)(c3ccccc3)[C@H]2C1. The molecule has 2 heterocycles. The van der Waals surface area contributed by atoms with Crippen LogP contribution in [0.5, 0.6) is 0 Å². The number of nitrogens with one attached hydrogen (secondary N) is 1. The van der Waals surface area contributed by atoms with Crippen molar-refractivity contribution in [1.29, 1.82) is 0 Å². The van der Waals surface area contributed by atoms with Crippen LogP contribution >= 0.6 is 0 Å². The van der Waals surface area contributed by atoms with Gasteiger partial charge in [0.05, 0.1) is 18.5 Å². The Morgan fingerprint density at radius 1 is 1.32 bits per heavy atom. The summed E-state index contributed by atoms with van der Waals surface area (Å²) in [7, 11) is 0. The van der Waals surface area contributed by atoms with Crippen LogP contribution in [0.3, 0.4) is 0 Å². The van der Waals surface area contributed by atoms with Gasteiger partial charge in [0.2, 0.25) is 0 Å². The number of benzene rings is 1. The van der Waals surface area contributed by atoms with E-state index in [1.165, 1.54) is 6.33 Å². The zero-order chi connectivity index (χ0) is 19.7. The van der Waals surface area contributed by atoms with E-state index in [1.54, 1.807) is 11.8 Å². The fourth-order valence-electron chi connectivity index (χ4n) is 4.74. The smallest absolute Gasteiger partial charge is 0.357 e. The number of H-pyrrole nitrogens is 1. The van der Waals surface area contributed by atoms with Crippen LogP contribution in [-0.4, -0.2) is 51.5 Å². The van der Waals surface area contributed by atoms with E-state index >= 15 is 0 Å². The zero-order valence-electron chi connectivity index (χ0n) is 15.9. The molecule has 1 aromatic carbocycles. The number of aliphatic hydroxyl groups is 1. The summed E-state index contributed by atoms with van der Waals surface area (Å²) in [5, 5.41) is 11.5. The van der Waals surface area contributed by atoms with Crippen LogP contribution in [0.15, 0.2) is 36.7 Å². The number of nitrogens with zero attached hydrogens (tertiary/aromatic N) is 2. The Kier molecular flexibility index (Phi) is 4.93. The van der Waals surface area contributed by atoms with Gasteiger partial charge in [-0.25, -0.2) is 9.78 Å². The molecule has 1 saturated carbocycles. The summed E-state index contributed by atoms with van der Waals surface area (Å²) in [4.78, 5) is 33.7. The lowest BCUT2D eigenvalue weighted by molar-refractivity contribution is -0.0644. The molecule has 0 unspecified atom stereocenters. The van der Waals surface area contributed by atoms with Gasteiger partial charge in [-0.3, -0.25) is 4.79 Å². The van der Waals surface area contributed by atoms with Crippen molar-refractivity contribution in [3.05, 3.63) is 53.6 Å². The third-order valence-electron chi connectivity index (χ3n) is 6.07. The molecular weight excluding hydrogens is 358 g/mol. The monoisotopic (exact) mass is 383 g/mol. The van der Waals surface area contributed by atoms with Crippen molar-refractivity contribution >= 4 is 11.9 Å². The Hall–Kier alpha value is -2.67. The van der Waals surface area contributed by atoms with Gasteiger partial charge in [-0.2, -0.15) is 0 Å². The Morgan fingerprint density at radius 2 is 2.11 bits per heavy atom.